The molecule has 4 aromatic carbocycles. The number of aryl methyl sites for hydroxylation is 2. The molecule has 0 atom stereocenters. The Labute approximate surface area is 247 Å². The van der Waals surface area contributed by atoms with Crippen molar-refractivity contribution in [3.05, 3.63) is 107 Å². The lowest BCUT2D eigenvalue weighted by atomic mass is 9.99. The van der Waals surface area contributed by atoms with E-state index in [1.54, 1.807) is 0 Å². The zero-order valence-corrected chi connectivity index (χ0v) is 24.0. The minimum Gasteiger partial charge on any atom is -0.354 e. The molecule has 0 saturated heterocycles. The predicted octanol–water partition coefficient (Wildman–Crippen LogP) is 9.96. The molecule has 6 aromatic rings. The second-order valence-electron chi connectivity index (χ2n) is 11.9. The van der Waals surface area contributed by atoms with Crippen LogP contribution in [0.15, 0.2) is 84.9 Å². The van der Waals surface area contributed by atoms with Gasteiger partial charge in [0.25, 0.3) is 0 Å². The molecule has 2 aromatic heterocycles. The van der Waals surface area contributed by atoms with Crippen LogP contribution < -0.4 is 10.6 Å². The molecule has 0 amide bonds. The summed E-state index contributed by atoms with van der Waals surface area (Å²) in [6.07, 6.45) is 11.7. The van der Waals surface area contributed by atoms with Gasteiger partial charge in [-0.2, -0.15) is 0 Å². The highest BCUT2D eigenvalue weighted by Crippen LogP contribution is 2.40. The zero-order valence-electron chi connectivity index (χ0n) is 24.0. The van der Waals surface area contributed by atoms with E-state index in [1.807, 2.05) is 0 Å². The number of nitrogens with one attached hydrogen (secondary N) is 2. The largest absolute Gasteiger partial charge is 0.354 e. The molecule has 4 heteroatoms. The van der Waals surface area contributed by atoms with Crippen LogP contribution >= 0.6 is 0 Å². The summed E-state index contributed by atoms with van der Waals surface area (Å²) in [6, 6.07) is 30.5. The summed E-state index contributed by atoms with van der Waals surface area (Å²) in [5, 5.41) is 12.7. The molecule has 2 N–H and O–H groups in total. The Hall–Kier alpha value is -4.44. The molecule has 0 aliphatic heterocycles. The molecule has 208 valence electrons. The SMILES string of the molecule is c1ccc2c(Nc3cccc4c(Nc5c6c(nc7ccccc57)CCCCC6)cccc34)c3c(nc2c1)CCCCC3. The van der Waals surface area contributed by atoms with Gasteiger partial charge >= 0.3 is 0 Å². The van der Waals surface area contributed by atoms with Gasteiger partial charge in [0.15, 0.2) is 0 Å². The number of benzene rings is 4. The summed E-state index contributed by atoms with van der Waals surface area (Å²) in [7, 11) is 0. The molecule has 0 bridgehead atoms. The van der Waals surface area contributed by atoms with Crippen molar-refractivity contribution in [1.82, 2.24) is 9.97 Å². The fraction of sp³-hybridized carbons (Fsp3) is 0.263. The number of para-hydroxylation sites is 2. The van der Waals surface area contributed by atoms with Gasteiger partial charge in [0.2, 0.25) is 0 Å². The molecule has 0 radical (unpaired) electrons. The first-order valence-corrected chi connectivity index (χ1v) is 15.7. The molecular formula is C38H36N4. The Morgan fingerprint density at radius 1 is 0.405 bits per heavy atom. The predicted molar refractivity (Wildman–Crippen MR) is 177 cm³/mol. The maximum atomic E-state index is 5.11. The number of hydrogen-bond acceptors (Lipinski definition) is 4. The maximum absolute atomic E-state index is 5.11. The van der Waals surface area contributed by atoms with E-state index in [9.17, 15) is 0 Å². The van der Waals surface area contributed by atoms with E-state index >= 15 is 0 Å². The lowest BCUT2D eigenvalue weighted by Crippen LogP contribution is -2.05. The summed E-state index contributed by atoms with van der Waals surface area (Å²) in [5.74, 6) is 0. The van der Waals surface area contributed by atoms with Crippen LogP contribution in [0.2, 0.25) is 0 Å². The monoisotopic (exact) mass is 548 g/mol. The molecule has 42 heavy (non-hydrogen) atoms. The fourth-order valence-electron chi connectivity index (χ4n) is 7.18. The molecule has 8 rings (SSSR count). The third-order valence-corrected chi connectivity index (χ3v) is 9.28. The van der Waals surface area contributed by atoms with Gasteiger partial charge in [0.1, 0.15) is 0 Å². The van der Waals surface area contributed by atoms with E-state index in [4.69, 9.17) is 9.97 Å². The summed E-state index contributed by atoms with van der Waals surface area (Å²) in [4.78, 5) is 10.2. The summed E-state index contributed by atoms with van der Waals surface area (Å²) in [5.41, 5.74) is 12.2. The van der Waals surface area contributed by atoms with Crippen molar-refractivity contribution in [1.29, 1.82) is 0 Å². The Morgan fingerprint density at radius 2 is 0.833 bits per heavy atom. The van der Waals surface area contributed by atoms with Crippen molar-refractivity contribution in [3.8, 4) is 0 Å². The van der Waals surface area contributed by atoms with Crippen LogP contribution in [-0.2, 0) is 25.7 Å². The van der Waals surface area contributed by atoms with Gasteiger partial charge < -0.3 is 10.6 Å². The number of rotatable bonds is 4. The molecule has 4 nitrogen and oxygen atoms in total. The van der Waals surface area contributed by atoms with Crippen LogP contribution in [0, 0.1) is 0 Å². The van der Waals surface area contributed by atoms with Crippen LogP contribution in [0.1, 0.15) is 61.0 Å². The normalized spacial score (nSPS) is 15.1. The Balaban J connectivity index is 1.26. The van der Waals surface area contributed by atoms with Crippen molar-refractivity contribution in [2.24, 2.45) is 0 Å². The van der Waals surface area contributed by atoms with Gasteiger partial charge in [0, 0.05) is 44.3 Å². The molecule has 0 spiro atoms. The smallest absolute Gasteiger partial charge is 0.0726 e. The van der Waals surface area contributed by atoms with Gasteiger partial charge in [-0.15, -0.1) is 0 Å². The topological polar surface area (TPSA) is 49.8 Å². The third kappa shape index (κ3) is 4.46. The highest BCUT2D eigenvalue weighted by molar-refractivity contribution is 6.07. The Morgan fingerprint density at radius 3 is 1.33 bits per heavy atom. The fourth-order valence-corrected chi connectivity index (χ4v) is 7.18. The number of hydrogen-bond donors (Lipinski definition) is 2. The first kappa shape index (κ1) is 25.3. The number of pyridine rings is 2. The molecule has 0 saturated carbocycles. The van der Waals surface area contributed by atoms with E-state index < -0.39 is 0 Å². The van der Waals surface area contributed by atoms with E-state index in [1.165, 1.54) is 94.0 Å². The van der Waals surface area contributed by atoms with Gasteiger partial charge in [-0.1, -0.05) is 73.5 Å². The summed E-state index contributed by atoms with van der Waals surface area (Å²) < 4.78 is 0. The van der Waals surface area contributed by atoms with Crippen molar-refractivity contribution in [3.63, 3.8) is 0 Å². The number of anilines is 4. The lowest BCUT2D eigenvalue weighted by Gasteiger charge is -2.20. The summed E-state index contributed by atoms with van der Waals surface area (Å²) in [6.45, 7) is 0. The standard InChI is InChI=1S/C38H36N4/c1-3-13-27-33(19-5-1)39-35-21-9-7-15-29(35)37(27)41-31-23-11-18-26-25(31)17-12-24-32(26)42-38-28-14-4-2-6-20-34(28)40-36-22-10-8-16-30(36)38/h7-12,15-18,21-24H,1-6,13-14,19-20H2,(H,39,41)(H,40,42). The third-order valence-electron chi connectivity index (χ3n) is 9.28. The molecule has 2 heterocycles. The number of fused-ring (bicyclic) bond motifs is 5. The molecular weight excluding hydrogens is 512 g/mol. The van der Waals surface area contributed by atoms with Crippen molar-refractivity contribution in [2.75, 3.05) is 10.6 Å². The molecule has 0 fully saturated rings. The first-order valence-electron chi connectivity index (χ1n) is 15.7. The van der Waals surface area contributed by atoms with Crippen LogP contribution in [0.4, 0.5) is 22.7 Å². The zero-order chi connectivity index (χ0) is 27.9. The molecule has 0 unspecified atom stereocenters. The van der Waals surface area contributed by atoms with Gasteiger partial charge in [0.05, 0.1) is 22.4 Å². The minimum atomic E-state index is 1.06. The number of nitrogens with zero attached hydrogens (tertiary/aromatic N) is 2. The minimum absolute atomic E-state index is 1.06. The highest BCUT2D eigenvalue weighted by atomic mass is 14.9. The maximum Gasteiger partial charge on any atom is 0.0726 e. The van der Waals surface area contributed by atoms with E-state index in [2.05, 4.69) is 95.6 Å². The second kappa shape index (κ2) is 10.8. The van der Waals surface area contributed by atoms with E-state index in [0.29, 0.717) is 0 Å². The van der Waals surface area contributed by atoms with Crippen molar-refractivity contribution in [2.45, 2.75) is 64.2 Å². The van der Waals surface area contributed by atoms with Gasteiger partial charge in [-0.25, -0.2) is 0 Å². The summed E-state index contributed by atoms with van der Waals surface area (Å²) >= 11 is 0. The van der Waals surface area contributed by atoms with Gasteiger partial charge in [-0.05, 0) is 86.8 Å². The van der Waals surface area contributed by atoms with Crippen LogP contribution in [0.5, 0.6) is 0 Å². The highest BCUT2D eigenvalue weighted by Gasteiger charge is 2.20. The van der Waals surface area contributed by atoms with E-state index in [-0.39, 0.29) is 0 Å². The van der Waals surface area contributed by atoms with Crippen LogP contribution in [0.25, 0.3) is 32.6 Å². The van der Waals surface area contributed by atoms with Gasteiger partial charge in [-0.3, -0.25) is 9.97 Å². The molecule has 2 aliphatic carbocycles. The van der Waals surface area contributed by atoms with E-state index in [0.717, 1.165) is 48.1 Å². The Kier molecular flexibility index (Phi) is 6.48. The van der Waals surface area contributed by atoms with Crippen molar-refractivity contribution < 1.29 is 0 Å². The van der Waals surface area contributed by atoms with Crippen LogP contribution in [-0.4, -0.2) is 9.97 Å². The average molecular weight is 549 g/mol. The van der Waals surface area contributed by atoms with Crippen molar-refractivity contribution >= 4 is 55.3 Å². The second-order valence-corrected chi connectivity index (χ2v) is 11.9. The van der Waals surface area contributed by atoms with Crippen LogP contribution in [0.3, 0.4) is 0 Å². The quantitative estimate of drug-likeness (QED) is 0.215. The molecule has 2 aliphatic rings. The Bertz CT molecular complexity index is 1820. The first-order chi connectivity index (χ1) is 20.8. The lowest BCUT2D eigenvalue weighted by molar-refractivity contribution is 0.709. The average Bonchev–Trinajstić information content (AvgIpc) is 3.42. The number of aromatic nitrogens is 2.